The SMILES string of the molecule is O=S(=O)(O)c1ccc2[c]([Al])c(O)ccc2c1. The zero-order valence-electron chi connectivity index (χ0n) is 8.08. The summed E-state index contributed by atoms with van der Waals surface area (Å²) in [6, 6.07) is 7.26. The summed E-state index contributed by atoms with van der Waals surface area (Å²) in [6.07, 6.45) is 0. The third kappa shape index (κ3) is 1.93. The number of fused-ring (bicyclic) bond motifs is 1. The van der Waals surface area contributed by atoms with Crippen molar-refractivity contribution < 1.29 is 18.1 Å². The Morgan fingerprint density at radius 3 is 2.44 bits per heavy atom. The van der Waals surface area contributed by atoms with Crippen LogP contribution in [0.15, 0.2) is 35.2 Å². The highest BCUT2D eigenvalue weighted by molar-refractivity contribution is 7.85. The molecule has 0 atom stereocenters. The lowest BCUT2D eigenvalue weighted by atomic mass is 10.1. The van der Waals surface area contributed by atoms with Gasteiger partial charge in [-0.05, 0) is 29.0 Å². The number of aromatic hydroxyl groups is 1. The van der Waals surface area contributed by atoms with E-state index in [9.17, 15) is 13.5 Å². The van der Waals surface area contributed by atoms with E-state index in [4.69, 9.17) is 4.55 Å². The van der Waals surface area contributed by atoms with Crippen molar-refractivity contribution in [3.05, 3.63) is 30.3 Å². The predicted octanol–water partition coefficient (Wildman–Crippen LogP) is 0.586. The Kier molecular flexibility index (Phi) is 2.68. The van der Waals surface area contributed by atoms with E-state index in [1.807, 2.05) is 0 Å². The lowest BCUT2D eigenvalue weighted by Gasteiger charge is -2.06. The second-order valence-corrected chi connectivity index (χ2v) is 5.36. The fourth-order valence-corrected chi connectivity index (χ4v) is 2.36. The van der Waals surface area contributed by atoms with Gasteiger partial charge in [0.05, 0.1) is 4.90 Å². The first-order valence-electron chi connectivity index (χ1n) is 4.38. The maximum atomic E-state index is 10.9. The molecule has 80 valence electrons. The summed E-state index contributed by atoms with van der Waals surface area (Å²) in [4.78, 5) is -0.157. The van der Waals surface area contributed by atoms with Crippen molar-refractivity contribution in [3.63, 3.8) is 0 Å². The first kappa shape index (κ1) is 11.4. The number of phenols is 1. The van der Waals surface area contributed by atoms with E-state index in [0.717, 1.165) is 5.39 Å². The van der Waals surface area contributed by atoms with Crippen LogP contribution in [0.2, 0.25) is 0 Å². The molecule has 0 aromatic heterocycles. The number of benzene rings is 2. The van der Waals surface area contributed by atoms with Gasteiger partial charge in [-0.3, -0.25) is 4.55 Å². The molecule has 0 amide bonds. The van der Waals surface area contributed by atoms with E-state index in [2.05, 4.69) is 16.3 Å². The van der Waals surface area contributed by atoms with Crippen LogP contribution < -0.4 is 4.43 Å². The Morgan fingerprint density at radius 2 is 1.81 bits per heavy atom. The molecule has 2 N–H and O–H groups in total. The van der Waals surface area contributed by atoms with E-state index in [0.29, 0.717) is 9.81 Å². The van der Waals surface area contributed by atoms with Crippen molar-refractivity contribution in [2.24, 2.45) is 0 Å². The highest BCUT2D eigenvalue weighted by atomic mass is 32.2. The van der Waals surface area contributed by atoms with Crippen LogP contribution in [0.25, 0.3) is 10.8 Å². The molecule has 2 aromatic rings. The van der Waals surface area contributed by atoms with Crippen LogP contribution in [0.1, 0.15) is 0 Å². The van der Waals surface area contributed by atoms with Gasteiger partial charge in [0.1, 0.15) is 5.75 Å². The monoisotopic (exact) mass is 250 g/mol. The van der Waals surface area contributed by atoms with Crippen molar-refractivity contribution in [2.75, 3.05) is 0 Å². The topological polar surface area (TPSA) is 74.6 Å². The molecule has 0 fully saturated rings. The third-order valence-corrected chi connectivity index (χ3v) is 3.76. The van der Waals surface area contributed by atoms with Crippen LogP contribution in [0.5, 0.6) is 5.75 Å². The summed E-state index contributed by atoms with van der Waals surface area (Å²) in [7, 11) is -4.19. The average molecular weight is 250 g/mol. The van der Waals surface area contributed by atoms with Gasteiger partial charge >= 0.3 is 0 Å². The average Bonchev–Trinajstić information content (AvgIpc) is 2.22. The molecular formula is C10H7AlO4S. The van der Waals surface area contributed by atoms with Crippen molar-refractivity contribution in [1.82, 2.24) is 0 Å². The van der Waals surface area contributed by atoms with Gasteiger partial charge in [0.2, 0.25) is 0 Å². The molecular weight excluding hydrogens is 243 g/mol. The van der Waals surface area contributed by atoms with E-state index < -0.39 is 10.1 Å². The molecule has 4 nitrogen and oxygen atoms in total. The minimum Gasteiger partial charge on any atom is -0.509 e. The number of rotatable bonds is 1. The number of hydrogen-bond acceptors (Lipinski definition) is 3. The molecule has 0 saturated carbocycles. The van der Waals surface area contributed by atoms with E-state index in [1.165, 1.54) is 18.2 Å². The van der Waals surface area contributed by atoms with Gasteiger partial charge in [-0.1, -0.05) is 16.6 Å². The van der Waals surface area contributed by atoms with Gasteiger partial charge in [0.15, 0.2) is 16.3 Å². The largest absolute Gasteiger partial charge is 0.509 e. The lowest BCUT2D eigenvalue weighted by Crippen LogP contribution is -2.05. The molecule has 2 rings (SSSR count). The molecule has 0 unspecified atom stereocenters. The van der Waals surface area contributed by atoms with Crippen LogP contribution in [0, 0.1) is 0 Å². The summed E-state index contributed by atoms with van der Waals surface area (Å²) in [5.41, 5.74) is 0. The van der Waals surface area contributed by atoms with E-state index in [-0.39, 0.29) is 10.6 Å². The Bertz CT molecular complexity index is 664. The third-order valence-electron chi connectivity index (χ3n) is 2.31. The molecule has 0 heterocycles. The van der Waals surface area contributed by atoms with E-state index in [1.54, 1.807) is 12.1 Å². The highest BCUT2D eigenvalue weighted by Gasteiger charge is 2.10. The maximum absolute atomic E-state index is 10.9. The molecule has 0 bridgehead atoms. The summed E-state index contributed by atoms with van der Waals surface area (Å²) < 4.78 is 31.3. The van der Waals surface area contributed by atoms with Crippen LogP contribution in [-0.2, 0) is 10.1 Å². The molecule has 6 heteroatoms. The van der Waals surface area contributed by atoms with Gasteiger partial charge in [0.25, 0.3) is 10.1 Å². The molecule has 0 saturated heterocycles. The molecule has 0 aliphatic rings. The zero-order valence-corrected chi connectivity index (χ0v) is 10.1. The van der Waals surface area contributed by atoms with Crippen LogP contribution in [-0.4, -0.2) is 34.4 Å². The van der Waals surface area contributed by atoms with Crippen LogP contribution >= 0.6 is 0 Å². The van der Waals surface area contributed by atoms with Crippen molar-refractivity contribution in [2.45, 2.75) is 4.90 Å². The van der Waals surface area contributed by atoms with Gasteiger partial charge < -0.3 is 5.11 Å². The van der Waals surface area contributed by atoms with Crippen molar-refractivity contribution >= 4 is 41.6 Å². The first-order valence-corrected chi connectivity index (χ1v) is 6.40. The molecule has 0 aliphatic carbocycles. The van der Waals surface area contributed by atoms with Crippen molar-refractivity contribution in [3.8, 4) is 5.75 Å². The second kappa shape index (κ2) is 3.75. The first-order chi connectivity index (χ1) is 7.39. The fraction of sp³-hybridized carbons (Fsp3) is 0. The predicted molar refractivity (Wildman–Crippen MR) is 60.8 cm³/mol. The minimum atomic E-state index is -4.19. The molecule has 0 spiro atoms. The Morgan fingerprint density at radius 1 is 1.12 bits per heavy atom. The maximum Gasteiger partial charge on any atom is 0.294 e. The normalized spacial score (nSPS) is 11.8. The fourth-order valence-electron chi connectivity index (χ4n) is 1.48. The van der Waals surface area contributed by atoms with Gasteiger partial charge in [0, 0.05) is 0 Å². The number of phenolic OH excluding ortho intramolecular Hbond substituents is 1. The summed E-state index contributed by atoms with van der Waals surface area (Å²) in [6.45, 7) is 0. The molecule has 16 heavy (non-hydrogen) atoms. The Balaban J connectivity index is 2.80. The Labute approximate surface area is 101 Å². The smallest absolute Gasteiger partial charge is 0.294 e. The lowest BCUT2D eigenvalue weighted by molar-refractivity contribution is 0.480. The minimum absolute atomic E-state index is 0.122. The second-order valence-electron chi connectivity index (χ2n) is 3.36. The van der Waals surface area contributed by atoms with Crippen LogP contribution in [0.4, 0.5) is 0 Å². The summed E-state index contributed by atoms with van der Waals surface area (Å²) in [5.74, 6) is 0.122. The van der Waals surface area contributed by atoms with Crippen LogP contribution in [0.3, 0.4) is 0 Å². The molecule has 0 aliphatic heterocycles. The van der Waals surface area contributed by atoms with E-state index >= 15 is 0 Å². The number of hydrogen-bond donors (Lipinski definition) is 2. The zero-order chi connectivity index (χ0) is 11.9. The highest BCUT2D eigenvalue weighted by Crippen LogP contribution is 2.20. The standard InChI is InChI=1S/C10H7O4S.Al/c11-9-3-1-8-6-10(15(12,13)14)4-2-7(8)5-9;/h1-4,6,11H,(H,12,13,14);. The Hall–Kier alpha value is -1.06. The van der Waals surface area contributed by atoms with Gasteiger partial charge in [-0.2, -0.15) is 8.42 Å². The molecule has 2 radical (unpaired) electrons. The quantitative estimate of drug-likeness (QED) is 0.573. The van der Waals surface area contributed by atoms with Gasteiger partial charge in [-0.15, -0.1) is 0 Å². The van der Waals surface area contributed by atoms with Gasteiger partial charge in [-0.25, -0.2) is 0 Å². The molecule has 2 aromatic carbocycles. The van der Waals surface area contributed by atoms with Crippen molar-refractivity contribution in [1.29, 1.82) is 0 Å². The summed E-state index contributed by atoms with van der Waals surface area (Å²) >= 11 is 2.39. The summed E-state index contributed by atoms with van der Waals surface area (Å²) in [5, 5.41) is 10.8.